The van der Waals surface area contributed by atoms with Crippen molar-refractivity contribution >= 4 is 33.4 Å². The maximum Gasteiger partial charge on any atom is 0.262 e. The van der Waals surface area contributed by atoms with Crippen LogP contribution in [0.4, 0.5) is 0 Å². The number of thiophene rings is 1. The van der Waals surface area contributed by atoms with E-state index in [0.29, 0.717) is 36.1 Å². The van der Waals surface area contributed by atoms with Gasteiger partial charge in [-0.3, -0.25) is 23.9 Å². The van der Waals surface area contributed by atoms with Crippen LogP contribution in [-0.2, 0) is 20.9 Å². The van der Waals surface area contributed by atoms with Crippen molar-refractivity contribution in [2.75, 3.05) is 45.9 Å². The van der Waals surface area contributed by atoms with Crippen LogP contribution in [-0.4, -0.2) is 72.2 Å². The number of hydrogen-bond acceptors (Lipinski definition) is 7. The van der Waals surface area contributed by atoms with Crippen LogP contribution >= 0.6 is 11.3 Å². The second kappa shape index (κ2) is 11.4. The van der Waals surface area contributed by atoms with E-state index < -0.39 is 0 Å². The summed E-state index contributed by atoms with van der Waals surface area (Å²) in [5, 5.41) is 6.28. The molecule has 0 aromatic carbocycles. The molecule has 3 heterocycles. The van der Waals surface area contributed by atoms with Crippen LogP contribution in [0.5, 0.6) is 0 Å². The molecule has 1 aliphatic heterocycles. The summed E-state index contributed by atoms with van der Waals surface area (Å²) in [5.74, 6) is -0.274. The average molecular weight is 450 g/mol. The monoisotopic (exact) mass is 449 g/mol. The highest BCUT2D eigenvalue weighted by molar-refractivity contribution is 7.18. The van der Waals surface area contributed by atoms with E-state index in [2.05, 4.69) is 20.5 Å². The molecule has 9 nitrogen and oxygen atoms in total. The van der Waals surface area contributed by atoms with E-state index in [-0.39, 0.29) is 23.9 Å². The summed E-state index contributed by atoms with van der Waals surface area (Å²) < 4.78 is 6.65. The molecule has 0 aliphatic carbocycles. The van der Waals surface area contributed by atoms with E-state index in [0.717, 1.165) is 49.7 Å². The molecule has 2 aromatic heterocycles. The van der Waals surface area contributed by atoms with Crippen LogP contribution in [0.2, 0.25) is 0 Å². The van der Waals surface area contributed by atoms with Crippen LogP contribution in [0, 0.1) is 13.8 Å². The Morgan fingerprint density at radius 3 is 2.61 bits per heavy atom. The van der Waals surface area contributed by atoms with Crippen molar-refractivity contribution in [2.24, 2.45) is 0 Å². The number of fused-ring (bicyclic) bond motifs is 1. The number of carbonyl (C=O) groups is 2. The van der Waals surface area contributed by atoms with Crippen LogP contribution in [0.15, 0.2) is 11.1 Å². The van der Waals surface area contributed by atoms with E-state index in [1.165, 1.54) is 22.2 Å². The average Bonchev–Trinajstić information content (AvgIpc) is 3.06. The minimum atomic E-state index is -0.265. The molecule has 0 unspecified atom stereocenters. The minimum absolute atomic E-state index is 0.00889. The zero-order valence-electron chi connectivity index (χ0n) is 18.2. The number of nitrogens with one attached hydrogen (secondary N) is 2. The van der Waals surface area contributed by atoms with Crippen LogP contribution in [0.25, 0.3) is 10.2 Å². The van der Waals surface area contributed by atoms with Gasteiger partial charge in [0, 0.05) is 37.5 Å². The second-order valence-corrected chi connectivity index (χ2v) is 8.96. The van der Waals surface area contributed by atoms with Crippen LogP contribution in [0.1, 0.15) is 29.7 Å². The highest BCUT2D eigenvalue weighted by atomic mass is 32.1. The van der Waals surface area contributed by atoms with E-state index in [4.69, 9.17) is 4.74 Å². The van der Waals surface area contributed by atoms with Crippen molar-refractivity contribution in [3.05, 3.63) is 27.1 Å². The predicted molar refractivity (Wildman–Crippen MR) is 120 cm³/mol. The number of amides is 2. The summed E-state index contributed by atoms with van der Waals surface area (Å²) in [6.45, 7) is 9.26. The Bertz CT molecular complexity index is 965. The maximum absolute atomic E-state index is 12.6. The highest BCUT2D eigenvalue weighted by Crippen LogP contribution is 2.25. The molecule has 0 saturated carbocycles. The summed E-state index contributed by atoms with van der Waals surface area (Å²) in [7, 11) is 0. The number of rotatable bonds is 10. The molecule has 0 spiro atoms. The SMILES string of the molecule is Cc1sc2ncn(CC(=O)NCCCC(=O)NCCCN3CCOCC3)c(=O)c2c1C. The van der Waals surface area contributed by atoms with Crippen molar-refractivity contribution in [2.45, 2.75) is 39.7 Å². The molecule has 10 heteroatoms. The maximum atomic E-state index is 12.6. The molecule has 1 aliphatic rings. The summed E-state index contributed by atoms with van der Waals surface area (Å²) in [6, 6.07) is 0. The summed E-state index contributed by atoms with van der Waals surface area (Å²) in [6.07, 6.45) is 3.25. The number of aryl methyl sites for hydroxylation is 2. The quantitative estimate of drug-likeness (QED) is 0.520. The topological polar surface area (TPSA) is 106 Å². The van der Waals surface area contributed by atoms with E-state index in [1.54, 1.807) is 0 Å². The lowest BCUT2D eigenvalue weighted by molar-refractivity contribution is -0.123. The predicted octanol–water partition coefficient (Wildman–Crippen LogP) is 0.810. The minimum Gasteiger partial charge on any atom is -0.379 e. The van der Waals surface area contributed by atoms with Gasteiger partial charge in [0.15, 0.2) is 0 Å². The molecular formula is C21H31N5O4S. The van der Waals surface area contributed by atoms with E-state index in [1.807, 2.05) is 13.8 Å². The Morgan fingerprint density at radius 1 is 1.13 bits per heavy atom. The zero-order chi connectivity index (χ0) is 22.2. The van der Waals surface area contributed by atoms with Gasteiger partial charge in [-0.1, -0.05) is 0 Å². The van der Waals surface area contributed by atoms with Gasteiger partial charge in [0.25, 0.3) is 5.56 Å². The first-order valence-corrected chi connectivity index (χ1v) is 11.6. The van der Waals surface area contributed by atoms with Gasteiger partial charge < -0.3 is 15.4 Å². The molecule has 2 amide bonds. The van der Waals surface area contributed by atoms with Crippen molar-refractivity contribution in [3.8, 4) is 0 Å². The van der Waals surface area contributed by atoms with Crippen molar-refractivity contribution in [1.29, 1.82) is 0 Å². The molecule has 1 saturated heterocycles. The molecule has 31 heavy (non-hydrogen) atoms. The van der Waals surface area contributed by atoms with Gasteiger partial charge in [0.1, 0.15) is 11.4 Å². The fourth-order valence-electron chi connectivity index (χ4n) is 3.51. The van der Waals surface area contributed by atoms with Gasteiger partial charge in [0.2, 0.25) is 11.8 Å². The Morgan fingerprint density at radius 2 is 1.84 bits per heavy atom. The van der Waals surface area contributed by atoms with Crippen LogP contribution in [0.3, 0.4) is 0 Å². The number of ether oxygens (including phenoxy) is 1. The van der Waals surface area contributed by atoms with Crippen molar-refractivity contribution in [1.82, 2.24) is 25.1 Å². The first-order chi connectivity index (χ1) is 15.0. The van der Waals surface area contributed by atoms with Crippen LogP contribution < -0.4 is 16.2 Å². The largest absolute Gasteiger partial charge is 0.379 e. The van der Waals surface area contributed by atoms with Crippen molar-refractivity contribution in [3.63, 3.8) is 0 Å². The van der Waals surface area contributed by atoms with Gasteiger partial charge in [-0.25, -0.2) is 4.98 Å². The summed E-state index contributed by atoms with van der Waals surface area (Å²) in [5.41, 5.74) is 0.724. The molecule has 0 bridgehead atoms. The lowest BCUT2D eigenvalue weighted by Gasteiger charge is -2.26. The number of nitrogens with zero attached hydrogens (tertiary/aromatic N) is 3. The zero-order valence-corrected chi connectivity index (χ0v) is 19.1. The fraction of sp³-hybridized carbons (Fsp3) is 0.619. The molecular weight excluding hydrogens is 418 g/mol. The van der Waals surface area contributed by atoms with E-state index >= 15 is 0 Å². The molecule has 0 radical (unpaired) electrons. The molecule has 2 aromatic rings. The second-order valence-electron chi connectivity index (χ2n) is 7.75. The molecule has 0 atom stereocenters. The van der Waals surface area contributed by atoms with Gasteiger partial charge in [0.05, 0.1) is 24.9 Å². The van der Waals surface area contributed by atoms with Gasteiger partial charge in [-0.05, 0) is 38.8 Å². The number of carbonyl (C=O) groups excluding carboxylic acids is 2. The van der Waals surface area contributed by atoms with Gasteiger partial charge in [-0.2, -0.15) is 0 Å². The number of aromatic nitrogens is 2. The third-order valence-corrected chi connectivity index (χ3v) is 6.56. The normalized spacial score (nSPS) is 14.6. The van der Waals surface area contributed by atoms with Crippen molar-refractivity contribution < 1.29 is 14.3 Å². The standard InChI is InChI=1S/C21H31N5O4S/c1-15-16(2)31-20-19(15)21(29)26(14-24-20)13-18(28)23-6-3-5-17(27)22-7-4-8-25-9-11-30-12-10-25/h14H,3-13H2,1-2H3,(H,22,27)(H,23,28). The first-order valence-electron chi connectivity index (χ1n) is 10.7. The Labute approximate surface area is 185 Å². The number of hydrogen-bond donors (Lipinski definition) is 2. The Hall–Kier alpha value is -2.30. The smallest absolute Gasteiger partial charge is 0.262 e. The molecule has 3 rings (SSSR count). The third-order valence-electron chi connectivity index (χ3n) is 5.45. The lowest BCUT2D eigenvalue weighted by Crippen LogP contribution is -2.38. The molecule has 2 N–H and O–H groups in total. The highest BCUT2D eigenvalue weighted by Gasteiger charge is 2.14. The van der Waals surface area contributed by atoms with Gasteiger partial charge in [-0.15, -0.1) is 11.3 Å². The molecule has 170 valence electrons. The Kier molecular flexibility index (Phi) is 8.56. The van der Waals surface area contributed by atoms with E-state index in [9.17, 15) is 14.4 Å². The first kappa shape index (κ1) is 23.4. The fourth-order valence-corrected chi connectivity index (χ4v) is 4.50. The lowest BCUT2D eigenvalue weighted by atomic mass is 10.2. The summed E-state index contributed by atoms with van der Waals surface area (Å²) in [4.78, 5) is 45.1. The summed E-state index contributed by atoms with van der Waals surface area (Å²) >= 11 is 1.48. The Balaban J connectivity index is 1.32. The number of morpholine rings is 1. The third kappa shape index (κ3) is 6.59. The van der Waals surface area contributed by atoms with Gasteiger partial charge >= 0.3 is 0 Å². The molecule has 1 fully saturated rings.